The smallest absolute Gasteiger partial charge is 0.410 e. The highest BCUT2D eigenvalue weighted by Gasteiger charge is 2.41. The fourth-order valence-corrected chi connectivity index (χ4v) is 4.64. The molecule has 0 saturated carbocycles. The third-order valence-electron chi connectivity index (χ3n) is 6.50. The number of ether oxygens (including phenoxy) is 2. The number of rotatable bonds is 12. The zero-order valence-electron chi connectivity index (χ0n) is 20.3. The zero-order chi connectivity index (χ0) is 23.2. The van der Waals surface area contributed by atoms with Crippen molar-refractivity contribution in [3.05, 3.63) is 0 Å². The van der Waals surface area contributed by atoms with E-state index in [-0.39, 0.29) is 11.9 Å². The number of nitrogens with zero attached hydrogens (tertiary/aromatic N) is 2. The number of hydrogen-bond donors (Lipinski definition) is 0. The van der Waals surface area contributed by atoms with E-state index in [4.69, 9.17) is 9.47 Å². The van der Waals surface area contributed by atoms with Crippen molar-refractivity contribution < 1.29 is 23.9 Å². The number of hydrogen-bond acceptors (Lipinski definition) is 5. The Kier molecular flexibility index (Phi) is 12.5. The second-order valence-electron chi connectivity index (χ2n) is 9.15. The minimum atomic E-state index is -0.537. The molecule has 0 bridgehead atoms. The van der Waals surface area contributed by atoms with E-state index in [1.165, 1.54) is 32.1 Å². The summed E-state index contributed by atoms with van der Waals surface area (Å²) in [7, 11) is 0. The normalized spacial score (nSPS) is 21.3. The monoisotopic (exact) mass is 452 g/mol. The Labute approximate surface area is 194 Å². The first-order valence-electron chi connectivity index (χ1n) is 13.0. The Hall–Kier alpha value is -1.79. The van der Waals surface area contributed by atoms with Crippen LogP contribution >= 0.6 is 0 Å². The van der Waals surface area contributed by atoms with Gasteiger partial charge in [0, 0.05) is 13.1 Å². The number of piperidine rings is 2. The molecule has 0 radical (unpaired) electrons. The molecule has 2 saturated heterocycles. The van der Waals surface area contributed by atoms with Gasteiger partial charge >= 0.3 is 12.1 Å². The molecule has 184 valence electrons. The maximum Gasteiger partial charge on any atom is 0.410 e. The SMILES string of the molecule is CCCCCCCCCOC(=O)C1CCCCN1C(=O)C1CCCCN1C(=O)OCCC. The van der Waals surface area contributed by atoms with E-state index in [1.807, 2.05) is 6.92 Å². The summed E-state index contributed by atoms with van der Waals surface area (Å²) >= 11 is 0. The summed E-state index contributed by atoms with van der Waals surface area (Å²) in [5, 5.41) is 0. The van der Waals surface area contributed by atoms with Gasteiger partial charge in [-0.05, 0) is 51.4 Å². The third-order valence-corrected chi connectivity index (χ3v) is 6.50. The Morgan fingerprint density at radius 1 is 0.688 bits per heavy atom. The standard InChI is InChI=1S/C25H44N2O5/c1-3-5-6-7-8-9-14-20-31-24(29)22-16-11-12-17-26(22)23(28)21-15-10-13-18-27(21)25(30)32-19-4-2/h21-22H,3-20H2,1-2H3. The summed E-state index contributed by atoms with van der Waals surface area (Å²) in [5.74, 6) is -0.421. The number of likely N-dealkylation sites (tertiary alicyclic amines) is 2. The van der Waals surface area contributed by atoms with E-state index < -0.39 is 18.2 Å². The quantitative estimate of drug-likeness (QED) is 0.305. The molecule has 2 rings (SSSR count). The first-order valence-corrected chi connectivity index (χ1v) is 13.0. The molecule has 0 N–H and O–H groups in total. The molecule has 32 heavy (non-hydrogen) atoms. The fourth-order valence-electron chi connectivity index (χ4n) is 4.64. The van der Waals surface area contributed by atoms with Crippen LogP contribution in [0, 0.1) is 0 Å². The molecule has 2 atom stereocenters. The minimum absolute atomic E-state index is 0.129. The summed E-state index contributed by atoms with van der Waals surface area (Å²) in [6, 6.07) is -1.07. The van der Waals surface area contributed by atoms with E-state index in [0.717, 1.165) is 44.9 Å². The van der Waals surface area contributed by atoms with Crippen molar-refractivity contribution in [1.29, 1.82) is 0 Å². The molecule has 0 aromatic carbocycles. The highest BCUT2D eigenvalue weighted by Crippen LogP contribution is 2.25. The van der Waals surface area contributed by atoms with E-state index >= 15 is 0 Å². The van der Waals surface area contributed by atoms with Crippen LogP contribution in [0.3, 0.4) is 0 Å². The van der Waals surface area contributed by atoms with Gasteiger partial charge in [0.2, 0.25) is 5.91 Å². The molecule has 2 heterocycles. The second kappa shape index (κ2) is 15.1. The van der Waals surface area contributed by atoms with Crippen LogP contribution in [0.4, 0.5) is 4.79 Å². The first-order chi connectivity index (χ1) is 15.6. The Bertz CT molecular complexity index is 583. The van der Waals surface area contributed by atoms with Crippen LogP contribution < -0.4 is 0 Å². The maximum absolute atomic E-state index is 13.4. The number of esters is 1. The van der Waals surface area contributed by atoms with E-state index in [9.17, 15) is 14.4 Å². The van der Waals surface area contributed by atoms with Crippen molar-refractivity contribution in [3.63, 3.8) is 0 Å². The van der Waals surface area contributed by atoms with Crippen molar-refractivity contribution >= 4 is 18.0 Å². The maximum atomic E-state index is 13.4. The molecule has 2 aliphatic heterocycles. The van der Waals surface area contributed by atoms with E-state index in [0.29, 0.717) is 39.1 Å². The molecule has 2 aliphatic rings. The second-order valence-corrected chi connectivity index (χ2v) is 9.15. The van der Waals surface area contributed by atoms with E-state index in [2.05, 4.69) is 6.92 Å². The third kappa shape index (κ3) is 8.28. The highest BCUT2D eigenvalue weighted by molar-refractivity contribution is 5.90. The minimum Gasteiger partial charge on any atom is -0.464 e. The van der Waals surface area contributed by atoms with Crippen molar-refractivity contribution in [2.24, 2.45) is 0 Å². The van der Waals surface area contributed by atoms with Crippen molar-refractivity contribution in [2.75, 3.05) is 26.3 Å². The van der Waals surface area contributed by atoms with Gasteiger partial charge in [-0.15, -0.1) is 0 Å². The lowest BCUT2D eigenvalue weighted by molar-refractivity contribution is -0.159. The number of carbonyl (C=O) groups excluding carboxylic acids is 3. The van der Waals surface area contributed by atoms with Gasteiger partial charge in [0.15, 0.2) is 0 Å². The van der Waals surface area contributed by atoms with Crippen LogP contribution in [0.1, 0.15) is 104 Å². The average Bonchev–Trinajstić information content (AvgIpc) is 2.83. The van der Waals surface area contributed by atoms with Crippen LogP contribution in [0.2, 0.25) is 0 Å². The topological polar surface area (TPSA) is 76.2 Å². The molecule has 2 fully saturated rings. The molecule has 2 unspecified atom stereocenters. The highest BCUT2D eigenvalue weighted by atomic mass is 16.6. The summed E-state index contributed by atoms with van der Waals surface area (Å²) in [6.07, 6.45) is 13.3. The first kappa shape index (κ1) is 26.5. The number of unbranched alkanes of at least 4 members (excludes halogenated alkanes) is 6. The number of amides is 2. The van der Waals surface area contributed by atoms with Gasteiger partial charge in [0.25, 0.3) is 0 Å². The zero-order valence-corrected chi connectivity index (χ0v) is 20.3. The Balaban J connectivity index is 1.87. The lowest BCUT2D eigenvalue weighted by Gasteiger charge is -2.40. The molecular weight excluding hydrogens is 408 g/mol. The molecule has 7 nitrogen and oxygen atoms in total. The van der Waals surface area contributed by atoms with Crippen LogP contribution in [0.5, 0.6) is 0 Å². The van der Waals surface area contributed by atoms with Gasteiger partial charge in [-0.25, -0.2) is 9.59 Å². The predicted octanol–water partition coefficient (Wildman–Crippen LogP) is 5.06. The van der Waals surface area contributed by atoms with Gasteiger partial charge in [0.05, 0.1) is 13.2 Å². The predicted molar refractivity (Wildman–Crippen MR) is 124 cm³/mol. The van der Waals surface area contributed by atoms with Crippen LogP contribution in [-0.2, 0) is 19.1 Å². The molecule has 2 amide bonds. The van der Waals surface area contributed by atoms with Gasteiger partial charge in [0.1, 0.15) is 12.1 Å². The van der Waals surface area contributed by atoms with Gasteiger partial charge in [-0.3, -0.25) is 9.69 Å². The van der Waals surface area contributed by atoms with Crippen molar-refractivity contribution in [2.45, 2.75) is 116 Å². The van der Waals surface area contributed by atoms with Crippen LogP contribution in [0.15, 0.2) is 0 Å². The Morgan fingerprint density at radius 3 is 2.00 bits per heavy atom. The van der Waals surface area contributed by atoms with Gasteiger partial charge < -0.3 is 14.4 Å². The lowest BCUT2D eigenvalue weighted by Crippen LogP contribution is -2.58. The Morgan fingerprint density at radius 2 is 1.31 bits per heavy atom. The van der Waals surface area contributed by atoms with Gasteiger partial charge in [-0.1, -0.05) is 52.4 Å². The molecule has 0 spiro atoms. The van der Waals surface area contributed by atoms with Crippen LogP contribution in [0.25, 0.3) is 0 Å². The summed E-state index contributed by atoms with van der Waals surface area (Å²) < 4.78 is 10.9. The summed E-state index contributed by atoms with van der Waals surface area (Å²) in [4.78, 5) is 42.0. The molecule has 0 aliphatic carbocycles. The van der Waals surface area contributed by atoms with Gasteiger partial charge in [-0.2, -0.15) is 0 Å². The lowest BCUT2D eigenvalue weighted by atomic mass is 9.97. The fraction of sp³-hybridized carbons (Fsp3) is 0.880. The summed E-state index contributed by atoms with van der Waals surface area (Å²) in [6.45, 7) is 6.01. The van der Waals surface area contributed by atoms with E-state index in [1.54, 1.807) is 9.80 Å². The molecular formula is C25H44N2O5. The number of carbonyl (C=O) groups is 3. The van der Waals surface area contributed by atoms with Crippen molar-refractivity contribution in [3.8, 4) is 0 Å². The largest absolute Gasteiger partial charge is 0.464 e. The van der Waals surface area contributed by atoms with Crippen molar-refractivity contribution in [1.82, 2.24) is 9.80 Å². The molecule has 0 aromatic heterocycles. The van der Waals surface area contributed by atoms with Crippen LogP contribution in [-0.4, -0.2) is 66.2 Å². The average molecular weight is 453 g/mol. The molecule has 7 heteroatoms. The summed E-state index contributed by atoms with van der Waals surface area (Å²) in [5.41, 5.74) is 0. The molecule has 0 aromatic rings.